The number of nitrogens with zero attached hydrogens (tertiary/aromatic N) is 2. The molecule has 0 radical (unpaired) electrons. The van der Waals surface area contributed by atoms with Crippen LogP contribution >= 0.6 is 23.2 Å². The number of halogens is 2. The van der Waals surface area contributed by atoms with E-state index in [1.165, 1.54) is 0 Å². The summed E-state index contributed by atoms with van der Waals surface area (Å²) in [6, 6.07) is 9.21. The van der Waals surface area contributed by atoms with Gasteiger partial charge in [0.2, 0.25) is 5.88 Å². The molecule has 7 heteroatoms. The molecule has 2 N–H and O–H groups in total. The maximum Gasteiger partial charge on any atom is 0.213 e. The Morgan fingerprint density at radius 1 is 1.17 bits per heavy atom. The average molecular weight is 353 g/mol. The number of nitrogens with one attached hydrogen (secondary N) is 2. The molecule has 0 bridgehead atoms. The summed E-state index contributed by atoms with van der Waals surface area (Å²) < 4.78 is 5.11. The smallest absolute Gasteiger partial charge is 0.213 e. The molecule has 0 aliphatic heterocycles. The number of rotatable bonds is 5. The van der Waals surface area contributed by atoms with E-state index in [4.69, 9.17) is 27.9 Å². The Kier molecular flexibility index (Phi) is 6.50. The van der Waals surface area contributed by atoms with E-state index in [-0.39, 0.29) is 0 Å². The molecule has 1 aromatic carbocycles. The first-order chi connectivity index (χ1) is 11.1. The number of ether oxygens (including phenoxy) is 1. The molecule has 0 saturated heterocycles. The van der Waals surface area contributed by atoms with Crippen molar-refractivity contribution in [2.45, 2.75) is 13.1 Å². The van der Waals surface area contributed by atoms with E-state index >= 15 is 0 Å². The summed E-state index contributed by atoms with van der Waals surface area (Å²) in [6.45, 7) is 1.16. The highest BCUT2D eigenvalue weighted by atomic mass is 35.5. The summed E-state index contributed by atoms with van der Waals surface area (Å²) in [5.41, 5.74) is 1.99. The minimum atomic E-state index is 0.551. The Bertz CT molecular complexity index is 692. The van der Waals surface area contributed by atoms with Crippen molar-refractivity contribution in [2.24, 2.45) is 4.99 Å². The number of aliphatic imine (C=N–C) groups is 1. The second-order valence-corrected chi connectivity index (χ2v) is 5.57. The minimum Gasteiger partial charge on any atom is -0.481 e. The van der Waals surface area contributed by atoms with Crippen molar-refractivity contribution >= 4 is 29.2 Å². The third-order valence-electron chi connectivity index (χ3n) is 3.15. The fraction of sp³-hybridized carbons (Fsp3) is 0.250. The Labute approximate surface area is 145 Å². The van der Waals surface area contributed by atoms with Gasteiger partial charge in [0.1, 0.15) is 0 Å². The number of hydrogen-bond donors (Lipinski definition) is 2. The van der Waals surface area contributed by atoms with E-state index in [0.29, 0.717) is 35.0 Å². The van der Waals surface area contributed by atoms with Crippen molar-refractivity contribution in [1.29, 1.82) is 0 Å². The Balaban J connectivity index is 1.90. The summed E-state index contributed by atoms with van der Waals surface area (Å²) in [5, 5.41) is 7.68. The first-order valence-corrected chi connectivity index (χ1v) is 7.75. The van der Waals surface area contributed by atoms with Crippen molar-refractivity contribution < 1.29 is 4.74 Å². The van der Waals surface area contributed by atoms with Gasteiger partial charge in [-0.1, -0.05) is 29.3 Å². The van der Waals surface area contributed by atoms with Crippen LogP contribution in [0.4, 0.5) is 0 Å². The van der Waals surface area contributed by atoms with Crippen molar-refractivity contribution in [2.75, 3.05) is 14.2 Å². The van der Waals surface area contributed by atoms with Crippen LogP contribution in [0.2, 0.25) is 10.0 Å². The Hall–Kier alpha value is -1.98. The lowest BCUT2D eigenvalue weighted by Gasteiger charge is -2.13. The molecule has 0 amide bonds. The van der Waals surface area contributed by atoms with Crippen molar-refractivity contribution in [3.63, 3.8) is 0 Å². The highest BCUT2D eigenvalue weighted by molar-refractivity contribution is 6.35. The van der Waals surface area contributed by atoms with Crippen LogP contribution < -0.4 is 15.4 Å². The minimum absolute atomic E-state index is 0.551. The van der Waals surface area contributed by atoms with E-state index in [9.17, 15) is 0 Å². The molecule has 5 nitrogen and oxygen atoms in total. The SMILES string of the molecule is CN=C(NCc1ccnc(OC)c1)NCc1ccc(Cl)cc1Cl. The number of guanidine groups is 1. The van der Waals surface area contributed by atoms with Crippen molar-refractivity contribution in [3.8, 4) is 5.88 Å². The lowest BCUT2D eigenvalue weighted by atomic mass is 10.2. The van der Waals surface area contributed by atoms with Crippen LogP contribution in [0.15, 0.2) is 41.5 Å². The third kappa shape index (κ3) is 5.30. The number of benzene rings is 1. The summed E-state index contributed by atoms with van der Waals surface area (Å²) in [5.74, 6) is 1.26. The van der Waals surface area contributed by atoms with Gasteiger partial charge in [0.15, 0.2) is 5.96 Å². The fourth-order valence-electron chi connectivity index (χ4n) is 1.92. The standard InChI is InChI=1S/C16H18Cl2N4O/c1-19-16(21-9-11-5-6-20-15(7-11)23-2)22-10-12-3-4-13(17)8-14(12)18/h3-8H,9-10H2,1-2H3,(H2,19,21,22). The number of aromatic nitrogens is 1. The molecule has 0 unspecified atom stereocenters. The molecule has 1 aromatic heterocycles. The van der Waals surface area contributed by atoms with Gasteiger partial charge in [-0.05, 0) is 29.3 Å². The topological polar surface area (TPSA) is 58.5 Å². The molecule has 1 heterocycles. The van der Waals surface area contributed by atoms with Crippen LogP contribution in [0.1, 0.15) is 11.1 Å². The maximum absolute atomic E-state index is 6.16. The molecular weight excluding hydrogens is 335 g/mol. The molecule has 0 aliphatic carbocycles. The van der Waals surface area contributed by atoms with Gasteiger partial charge in [0, 0.05) is 42.4 Å². The zero-order valence-corrected chi connectivity index (χ0v) is 14.4. The lowest BCUT2D eigenvalue weighted by molar-refractivity contribution is 0.397. The molecule has 0 saturated carbocycles. The molecule has 0 fully saturated rings. The number of hydrogen-bond acceptors (Lipinski definition) is 3. The molecule has 2 aromatic rings. The van der Waals surface area contributed by atoms with Gasteiger partial charge in [0.25, 0.3) is 0 Å². The summed E-state index contributed by atoms with van der Waals surface area (Å²) in [7, 11) is 3.31. The number of pyridine rings is 1. The van der Waals surface area contributed by atoms with Gasteiger partial charge < -0.3 is 15.4 Å². The molecule has 0 spiro atoms. The third-order valence-corrected chi connectivity index (χ3v) is 3.74. The second-order valence-electron chi connectivity index (χ2n) is 4.72. The van der Waals surface area contributed by atoms with Crippen LogP contribution in [0.3, 0.4) is 0 Å². The number of methoxy groups -OCH3 is 1. The largest absolute Gasteiger partial charge is 0.481 e. The summed E-state index contributed by atoms with van der Waals surface area (Å²) in [4.78, 5) is 8.26. The quantitative estimate of drug-likeness (QED) is 0.640. The first-order valence-electron chi connectivity index (χ1n) is 6.99. The van der Waals surface area contributed by atoms with Gasteiger partial charge in [0.05, 0.1) is 7.11 Å². The Morgan fingerprint density at radius 2 is 1.96 bits per heavy atom. The van der Waals surface area contributed by atoms with E-state index in [0.717, 1.165) is 11.1 Å². The van der Waals surface area contributed by atoms with E-state index in [1.54, 1.807) is 26.4 Å². The van der Waals surface area contributed by atoms with Crippen LogP contribution in [-0.4, -0.2) is 25.1 Å². The predicted octanol–water partition coefficient (Wildman–Crippen LogP) is 3.26. The van der Waals surface area contributed by atoms with Gasteiger partial charge in [-0.2, -0.15) is 0 Å². The zero-order valence-electron chi connectivity index (χ0n) is 12.9. The van der Waals surface area contributed by atoms with Crippen LogP contribution in [0.5, 0.6) is 5.88 Å². The Morgan fingerprint density at radius 3 is 2.65 bits per heavy atom. The predicted molar refractivity (Wildman–Crippen MR) is 94.3 cm³/mol. The molecule has 23 heavy (non-hydrogen) atoms. The summed E-state index contributed by atoms with van der Waals surface area (Å²) >= 11 is 12.0. The maximum atomic E-state index is 6.16. The lowest BCUT2D eigenvalue weighted by Crippen LogP contribution is -2.36. The van der Waals surface area contributed by atoms with Crippen LogP contribution in [-0.2, 0) is 13.1 Å². The molecule has 0 aliphatic rings. The highest BCUT2D eigenvalue weighted by Gasteiger charge is 2.04. The first kappa shape index (κ1) is 17.4. The van der Waals surface area contributed by atoms with E-state index in [2.05, 4.69) is 20.6 Å². The van der Waals surface area contributed by atoms with Gasteiger partial charge >= 0.3 is 0 Å². The summed E-state index contributed by atoms with van der Waals surface area (Å²) in [6.07, 6.45) is 1.71. The zero-order chi connectivity index (χ0) is 16.7. The van der Waals surface area contributed by atoms with Crippen LogP contribution in [0, 0.1) is 0 Å². The van der Waals surface area contributed by atoms with Crippen molar-refractivity contribution in [1.82, 2.24) is 15.6 Å². The highest BCUT2D eigenvalue weighted by Crippen LogP contribution is 2.20. The van der Waals surface area contributed by atoms with Crippen molar-refractivity contribution in [3.05, 3.63) is 57.7 Å². The normalized spacial score (nSPS) is 11.2. The van der Waals surface area contributed by atoms with Gasteiger partial charge in [-0.25, -0.2) is 4.98 Å². The molecule has 2 rings (SSSR count). The fourth-order valence-corrected chi connectivity index (χ4v) is 2.40. The van der Waals surface area contributed by atoms with Gasteiger partial charge in [-0.3, -0.25) is 4.99 Å². The molecule has 122 valence electrons. The van der Waals surface area contributed by atoms with Crippen LogP contribution in [0.25, 0.3) is 0 Å². The monoisotopic (exact) mass is 352 g/mol. The second kappa shape index (κ2) is 8.60. The average Bonchev–Trinajstić information content (AvgIpc) is 2.56. The molecular formula is C16H18Cl2N4O. The van der Waals surface area contributed by atoms with Gasteiger partial charge in [-0.15, -0.1) is 0 Å². The molecule has 0 atom stereocenters. The van der Waals surface area contributed by atoms with E-state index < -0.39 is 0 Å². The van der Waals surface area contributed by atoms with E-state index in [1.807, 2.05) is 24.3 Å².